The van der Waals surface area contributed by atoms with E-state index in [0.29, 0.717) is 15.0 Å². The number of hydrogen-bond donors (Lipinski definition) is 0. The molecule has 2 heterocycles. The molecule has 0 radical (unpaired) electrons. The molecule has 0 aliphatic heterocycles. The molecule has 0 spiro atoms. The smallest absolute Gasteiger partial charge is 0.202 e. The maximum Gasteiger partial charge on any atom is 0.202 e. The molecule has 0 fully saturated rings. The average Bonchev–Trinajstić information content (AvgIpc) is 3.46. The third kappa shape index (κ3) is 5.47. The van der Waals surface area contributed by atoms with Crippen LogP contribution in [0.4, 0.5) is 0 Å². The van der Waals surface area contributed by atoms with Gasteiger partial charge in [-0.2, -0.15) is 0 Å². The van der Waals surface area contributed by atoms with Crippen molar-refractivity contribution in [2.24, 2.45) is 0 Å². The third-order valence-corrected chi connectivity index (χ3v) is 10.4. The number of nitrogens with zero attached hydrogens (tertiary/aromatic N) is 4. The van der Waals surface area contributed by atoms with Gasteiger partial charge in [0.05, 0.1) is 20.0 Å². The van der Waals surface area contributed by atoms with Gasteiger partial charge < -0.3 is 0 Å². The Hall–Kier alpha value is -3.06. The molecule has 0 amide bonds. The summed E-state index contributed by atoms with van der Waals surface area (Å²) in [5, 5.41) is 9.00. The number of aryl methyl sites for hydroxylation is 1. The highest BCUT2D eigenvalue weighted by Crippen LogP contribution is 2.36. The molecule has 0 saturated heterocycles. The lowest BCUT2D eigenvalue weighted by molar-refractivity contribution is 0.592. The summed E-state index contributed by atoms with van der Waals surface area (Å²) < 4.78 is 53.4. The van der Waals surface area contributed by atoms with Crippen molar-refractivity contribution >= 4 is 53.0 Å². The average molecular weight is 571 g/mol. The van der Waals surface area contributed by atoms with Gasteiger partial charge in [-0.1, -0.05) is 37.3 Å². The summed E-state index contributed by atoms with van der Waals surface area (Å²) in [6, 6.07) is 21.0. The standard InChI is InChI=1S/C25H22N4O4S4/c1-3-17-9-11-19(12-10-17)37(32,33)16-23-27-28-24(29(23)18-7-5-4-6-8-18)35-25-26-21-14-13-20(36(2,30)31)15-22(21)34-25/h4-15H,3,16H2,1-2H3. The second-order valence-corrected chi connectivity index (χ2v) is 14.6. The third-order valence-electron chi connectivity index (χ3n) is 5.67. The number of aromatic nitrogens is 4. The number of benzene rings is 3. The van der Waals surface area contributed by atoms with E-state index in [9.17, 15) is 16.8 Å². The summed E-state index contributed by atoms with van der Waals surface area (Å²) in [5.41, 5.74) is 2.45. The Labute approximate surface area is 223 Å². The molecular weight excluding hydrogens is 549 g/mol. The molecular formula is C25H22N4O4S4. The molecule has 0 aliphatic carbocycles. The van der Waals surface area contributed by atoms with Gasteiger partial charge in [0, 0.05) is 11.9 Å². The maximum atomic E-state index is 13.2. The summed E-state index contributed by atoms with van der Waals surface area (Å²) in [4.78, 5) is 5.06. The van der Waals surface area contributed by atoms with E-state index in [1.54, 1.807) is 28.8 Å². The van der Waals surface area contributed by atoms with E-state index in [2.05, 4.69) is 15.2 Å². The lowest BCUT2D eigenvalue weighted by Gasteiger charge is -2.10. The number of rotatable bonds is 8. The second kappa shape index (κ2) is 10.0. The van der Waals surface area contributed by atoms with Crippen LogP contribution >= 0.6 is 23.1 Å². The number of thiazole rings is 1. The van der Waals surface area contributed by atoms with Gasteiger partial charge in [-0.15, -0.1) is 21.5 Å². The molecule has 5 aromatic rings. The van der Waals surface area contributed by atoms with E-state index in [-0.39, 0.29) is 21.4 Å². The van der Waals surface area contributed by atoms with Crippen molar-refractivity contribution in [1.29, 1.82) is 0 Å². The van der Waals surface area contributed by atoms with Crippen LogP contribution in [0.5, 0.6) is 0 Å². The Bertz CT molecular complexity index is 1790. The minimum atomic E-state index is -3.67. The monoisotopic (exact) mass is 570 g/mol. The summed E-state index contributed by atoms with van der Waals surface area (Å²) in [6.07, 6.45) is 1.99. The quantitative estimate of drug-likeness (QED) is 0.257. The molecule has 3 aromatic carbocycles. The van der Waals surface area contributed by atoms with Gasteiger partial charge in [-0.3, -0.25) is 4.57 Å². The zero-order valence-electron chi connectivity index (χ0n) is 19.9. The van der Waals surface area contributed by atoms with Crippen LogP contribution in [0.3, 0.4) is 0 Å². The van der Waals surface area contributed by atoms with Crippen LogP contribution in [0, 0.1) is 0 Å². The van der Waals surface area contributed by atoms with Gasteiger partial charge in [-0.05, 0) is 66.2 Å². The van der Waals surface area contributed by atoms with Crippen molar-refractivity contribution in [1.82, 2.24) is 19.7 Å². The van der Waals surface area contributed by atoms with E-state index in [4.69, 9.17) is 0 Å². The van der Waals surface area contributed by atoms with Crippen LogP contribution in [0.1, 0.15) is 18.3 Å². The molecule has 0 saturated carbocycles. The van der Waals surface area contributed by atoms with Crippen molar-refractivity contribution in [2.75, 3.05) is 6.26 Å². The Morgan fingerprint density at radius 2 is 1.59 bits per heavy atom. The minimum absolute atomic E-state index is 0.229. The van der Waals surface area contributed by atoms with Gasteiger partial charge in [0.15, 0.2) is 29.8 Å². The largest absolute Gasteiger partial charge is 0.273 e. The molecule has 12 heteroatoms. The van der Waals surface area contributed by atoms with Crippen molar-refractivity contribution in [3.63, 3.8) is 0 Å². The van der Waals surface area contributed by atoms with Gasteiger partial charge in [-0.25, -0.2) is 21.8 Å². The number of fused-ring (bicyclic) bond motifs is 1. The van der Waals surface area contributed by atoms with Crippen LogP contribution in [0.2, 0.25) is 0 Å². The topological polar surface area (TPSA) is 112 Å². The Morgan fingerprint density at radius 1 is 0.892 bits per heavy atom. The van der Waals surface area contributed by atoms with Crippen LogP contribution in [0.25, 0.3) is 15.9 Å². The predicted octanol–water partition coefficient (Wildman–Crippen LogP) is 4.97. The molecule has 190 valence electrons. The van der Waals surface area contributed by atoms with Crippen molar-refractivity contribution < 1.29 is 16.8 Å². The van der Waals surface area contributed by atoms with E-state index >= 15 is 0 Å². The maximum absolute atomic E-state index is 13.2. The van der Waals surface area contributed by atoms with E-state index in [1.165, 1.54) is 35.4 Å². The Balaban J connectivity index is 1.52. The minimum Gasteiger partial charge on any atom is -0.273 e. The van der Waals surface area contributed by atoms with Gasteiger partial charge in [0.2, 0.25) is 5.16 Å². The van der Waals surface area contributed by atoms with Gasteiger partial charge in [0.1, 0.15) is 5.75 Å². The normalized spacial score (nSPS) is 12.3. The lowest BCUT2D eigenvalue weighted by Crippen LogP contribution is -2.11. The van der Waals surface area contributed by atoms with Crippen LogP contribution < -0.4 is 0 Å². The van der Waals surface area contributed by atoms with Crippen molar-refractivity contribution in [2.45, 2.75) is 38.4 Å². The molecule has 37 heavy (non-hydrogen) atoms. The first-order valence-electron chi connectivity index (χ1n) is 11.2. The van der Waals surface area contributed by atoms with Gasteiger partial charge in [0.25, 0.3) is 0 Å². The second-order valence-electron chi connectivity index (χ2n) is 8.31. The first kappa shape index (κ1) is 25.6. The highest BCUT2D eigenvalue weighted by molar-refractivity contribution is 8.01. The summed E-state index contributed by atoms with van der Waals surface area (Å²) in [5.74, 6) is -0.0351. The first-order valence-corrected chi connectivity index (χ1v) is 16.4. The van der Waals surface area contributed by atoms with E-state index in [0.717, 1.165) is 22.4 Å². The molecule has 0 aliphatic rings. The Morgan fingerprint density at radius 3 is 2.27 bits per heavy atom. The summed E-state index contributed by atoms with van der Waals surface area (Å²) in [7, 11) is -7.01. The molecule has 0 unspecified atom stereocenters. The fourth-order valence-electron chi connectivity index (χ4n) is 3.72. The molecule has 0 bridgehead atoms. The zero-order chi connectivity index (χ0) is 26.2. The number of hydrogen-bond acceptors (Lipinski definition) is 9. The van der Waals surface area contributed by atoms with Crippen LogP contribution in [-0.2, 0) is 31.8 Å². The highest BCUT2D eigenvalue weighted by atomic mass is 32.2. The molecule has 0 N–H and O–H groups in total. The molecule has 5 rings (SSSR count). The van der Waals surface area contributed by atoms with Gasteiger partial charge >= 0.3 is 0 Å². The predicted molar refractivity (Wildman–Crippen MR) is 145 cm³/mol. The molecule has 0 atom stereocenters. The van der Waals surface area contributed by atoms with Crippen LogP contribution in [0.15, 0.2) is 92.1 Å². The SMILES string of the molecule is CCc1ccc(S(=O)(=O)Cc2nnc(Sc3nc4ccc(S(C)(=O)=O)cc4s3)n2-c2ccccc2)cc1. The highest BCUT2D eigenvalue weighted by Gasteiger charge is 2.24. The van der Waals surface area contributed by atoms with Crippen LogP contribution in [-0.4, -0.2) is 42.8 Å². The Kier molecular flexibility index (Phi) is 6.92. The van der Waals surface area contributed by atoms with E-state index < -0.39 is 19.7 Å². The fraction of sp³-hybridized carbons (Fsp3) is 0.160. The first-order chi connectivity index (χ1) is 17.6. The lowest BCUT2D eigenvalue weighted by atomic mass is 10.2. The number of para-hydroxylation sites is 1. The van der Waals surface area contributed by atoms with E-state index in [1.807, 2.05) is 49.4 Å². The van der Waals surface area contributed by atoms with Crippen molar-refractivity contribution in [3.8, 4) is 5.69 Å². The fourth-order valence-corrected chi connectivity index (χ4v) is 7.76. The zero-order valence-corrected chi connectivity index (χ0v) is 23.2. The number of sulfone groups is 2. The molecule has 8 nitrogen and oxygen atoms in total. The molecule has 2 aromatic heterocycles. The summed E-state index contributed by atoms with van der Waals surface area (Å²) in [6.45, 7) is 2.01. The summed E-state index contributed by atoms with van der Waals surface area (Å²) >= 11 is 2.59. The van der Waals surface area contributed by atoms with Crippen molar-refractivity contribution in [3.05, 3.63) is 84.2 Å².